The van der Waals surface area contributed by atoms with E-state index in [1.807, 2.05) is 17.0 Å². The van der Waals surface area contributed by atoms with Crippen molar-refractivity contribution in [1.29, 1.82) is 0 Å². The molecule has 26 heavy (non-hydrogen) atoms. The summed E-state index contributed by atoms with van der Waals surface area (Å²) in [5.41, 5.74) is 0.973. The van der Waals surface area contributed by atoms with Crippen molar-refractivity contribution in [3.8, 4) is 10.7 Å². The number of rotatable bonds is 5. The van der Waals surface area contributed by atoms with E-state index in [4.69, 9.17) is 5.14 Å². The van der Waals surface area contributed by atoms with E-state index < -0.39 is 10.0 Å². The van der Waals surface area contributed by atoms with E-state index in [0.29, 0.717) is 6.54 Å². The Labute approximate surface area is 156 Å². The summed E-state index contributed by atoms with van der Waals surface area (Å²) in [6.07, 6.45) is 8.00. The molecule has 0 radical (unpaired) electrons. The average Bonchev–Trinajstić information content (AvgIpc) is 3.35. The number of aromatic nitrogens is 3. The summed E-state index contributed by atoms with van der Waals surface area (Å²) < 4.78 is 24.8. The molecule has 0 bridgehead atoms. The van der Waals surface area contributed by atoms with Crippen LogP contribution in [0.25, 0.3) is 10.7 Å². The van der Waals surface area contributed by atoms with Crippen molar-refractivity contribution in [3.63, 3.8) is 0 Å². The van der Waals surface area contributed by atoms with Crippen LogP contribution in [-0.4, -0.2) is 36.0 Å². The number of nitrogens with two attached hydrogens (primary N) is 1. The van der Waals surface area contributed by atoms with Gasteiger partial charge in [-0.15, -0.1) is 0 Å². The van der Waals surface area contributed by atoms with Crippen LogP contribution in [0, 0.1) is 0 Å². The number of anilines is 1. The first-order valence-electron chi connectivity index (χ1n) is 8.35. The zero-order valence-electron chi connectivity index (χ0n) is 14.1. The molecule has 4 rings (SSSR count). The normalized spacial score (nSPS) is 14.9. The molecule has 136 valence electrons. The number of primary sulfonamides is 1. The van der Waals surface area contributed by atoms with Crippen molar-refractivity contribution >= 4 is 26.5 Å². The second-order valence-electron chi connectivity index (χ2n) is 6.27. The molecule has 0 unspecified atom stereocenters. The molecule has 3 heterocycles. The Morgan fingerprint density at radius 2 is 1.85 bits per heavy atom. The Bertz CT molecular complexity index is 1000. The minimum atomic E-state index is -3.67. The van der Waals surface area contributed by atoms with Crippen molar-refractivity contribution < 1.29 is 8.42 Å². The summed E-state index contributed by atoms with van der Waals surface area (Å²) >= 11 is 1.65. The van der Waals surface area contributed by atoms with Gasteiger partial charge in [-0.25, -0.2) is 23.5 Å². The Balaban J connectivity index is 1.55. The molecule has 1 aromatic carbocycles. The van der Waals surface area contributed by atoms with Gasteiger partial charge in [0.1, 0.15) is 0 Å². The van der Waals surface area contributed by atoms with E-state index in [0.717, 1.165) is 34.5 Å². The highest BCUT2D eigenvalue weighted by Gasteiger charge is 2.18. The number of thiazole rings is 1. The van der Waals surface area contributed by atoms with Crippen molar-refractivity contribution in [1.82, 2.24) is 14.5 Å². The zero-order chi connectivity index (χ0) is 18.1. The van der Waals surface area contributed by atoms with Crippen LogP contribution in [0.3, 0.4) is 0 Å². The minimum Gasteiger partial charge on any atom is -0.348 e. The van der Waals surface area contributed by atoms with Gasteiger partial charge in [0.15, 0.2) is 11.0 Å². The molecule has 7 nitrogen and oxygen atoms in total. The van der Waals surface area contributed by atoms with Crippen LogP contribution < -0.4 is 10.0 Å². The quantitative estimate of drug-likeness (QED) is 0.723. The lowest BCUT2D eigenvalue weighted by molar-refractivity contribution is 0.597. The van der Waals surface area contributed by atoms with E-state index in [1.54, 1.807) is 29.7 Å². The fourth-order valence-corrected chi connectivity index (χ4v) is 4.56. The summed E-state index contributed by atoms with van der Waals surface area (Å²) in [6.45, 7) is 2.73. The fraction of sp³-hybridized carbons (Fsp3) is 0.294. The number of sulfonamides is 1. The second-order valence-corrected chi connectivity index (χ2v) is 8.84. The lowest BCUT2D eigenvalue weighted by Crippen LogP contribution is -2.16. The molecule has 2 N–H and O–H groups in total. The van der Waals surface area contributed by atoms with Crippen molar-refractivity contribution in [2.45, 2.75) is 24.3 Å². The van der Waals surface area contributed by atoms with Crippen LogP contribution in [0.5, 0.6) is 0 Å². The number of imidazole rings is 1. The average molecular weight is 390 g/mol. The molecule has 2 aromatic heterocycles. The third kappa shape index (κ3) is 3.50. The molecule has 1 fully saturated rings. The van der Waals surface area contributed by atoms with Crippen LogP contribution in [0.4, 0.5) is 5.13 Å². The first-order chi connectivity index (χ1) is 12.5. The standard InChI is InChI=1S/C17H19N5O2S2/c18-26(23,24)14-5-3-13(4-6-14)12-22-10-7-19-16(22)15-11-20-17(25-15)21-8-1-2-9-21/h3-7,10-11H,1-2,8-9,12H2,(H2,18,23,24). The molecule has 3 aromatic rings. The second kappa shape index (κ2) is 6.82. The third-order valence-corrected chi connectivity index (χ3v) is 6.39. The van der Waals surface area contributed by atoms with E-state index in [1.165, 1.54) is 25.0 Å². The van der Waals surface area contributed by atoms with Gasteiger partial charge >= 0.3 is 0 Å². The first kappa shape index (κ1) is 17.2. The molecule has 1 saturated heterocycles. The maximum atomic E-state index is 11.4. The molecule has 0 saturated carbocycles. The Kier molecular flexibility index (Phi) is 4.51. The molecule has 1 aliphatic rings. The summed E-state index contributed by atoms with van der Waals surface area (Å²) in [5, 5.41) is 6.19. The first-order valence-corrected chi connectivity index (χ1v) is 10.7. The van der Waals surface area contributed by atoms with Gasteiger partial charge in [0.2, 0.25) is 10.0 Å². The number of benzene rings is 1. The predicted molar refractivity (Wildman–Crippen MR) is 102 cm³/mol. The van der Waals surface area contributed by atoms with Gasteiger partial charge in [-0.05, 0) is 30.5 Å². The van der Waals surface area contributed by atoms with Gasteiger partial charge in [0.05, 0.1) is 16.0 Å². The van der Waals surface area contributed by atoms with Gasteiger partial charge in [-0.3, -0.25) is 0 Å². The van der Waals surface area contributed by atoms with Crippen molar-refractivity contribution in [2.75, 3.05) is 18.0 Å². The smallest absolute Gasteiger partial charge is 0.238 e. The molecular weight excluding hydrogens is 370 g/mol. The Morgan fingerprint density at radius 1 is 1.12 bits per heavy atom. The zero-order valence-corrected chi connectivity index (χ0v) is 15.7. The highest BCUT2D eigenvalue weighted by Crippen LogP contribution is 2.32. The third-order valence-electron chi connectivity index (χ3n) is 4.41. The molecule has 9 heteroatoms. The monoisotopic (exact) mass is 389 g/mol. The van der Waals surface area contributed by atoms with Crippen LogP contribution in [0.1, 0.15) is 18.4 Å². The Hall–Kier alpha value is -2.23. The van der Waals surface area contributed by atoms with E-state index >= 15 is 0 Å². The summed E-state index contributed by atoms with van der Waals surface area (Å²) in [4.78, 5) is 12.5. The van der Waals surface area contributed by atoms with Gasteiger partial charge in [-0.2, -0.15) is 0 Å². The lowest BCUT2D eigenvalue weighted by atomic mass is 10.2. The van der Waals surface area contributed by atoms with Crippen molar-refractivity contribution in [2.24, 2.45) is 5.14 Å². The maximum absolute atomic E-state index is 11.4. The highest BCUT2D eigenvalue weighted by atomic mass is 32.2. The van der Waals surface area contributed by atoms with E-state index in [9.17, 15) is 8.42 Å². The summed E-state index contributed by atoms with van der Waals surface area (Å²) in [5.74, 6) is 0.864. The van der Waals surface area contributed by atoms with Crippen LogP contribution in [-0.2, 0) is 16.6 Å². The van der Waals surface area contributed by atoms with Gasteiger partial charge in [0.25, 0.3) is 0 Å². The summed E-state index contributed by atoms with van der Waals surface area (Å²) in [7, 11) is -3.67. The van der Waals surface area contributed by atoms with E-state index in [-0.39, 0.29) is 4.90 Å². The molecular formula is C17H19N5O2S2. The largest absolute Gasteiger partial charge is 0.348 e. The molecule has 0 atom stereocenters. The topological polar surface area (TPSA) is 94.1 Å². The van der Waals surface area contributed by atoms with Gasteiger partial charge < -0.3 is 9.47 Å². The summed E-state index contributed by atoms with van der Waals surface area (Å²) in [6, 6.07) is 6.59. The molecule has 1 aliphatic heterocycles. The minimum absolute atomic E-state index is 0.116. The van der Waals surface area contributed by atoms with Gasteiger partial charge in [0, 0.05) is 32.0 Å². The fourth-order valence-electron chi connectivity index (χ4n) is 3.07. The Morgan fingerprint density at radius 3 is 2.54 bits per heavy atom. The van der Waals surface area contributed by atoms with Gasteiger partial charge in [-0.1, -0.05) is 23.5 Å². The molecule has 0 spiro atoms. The predicted octanol–water partition coefficient (Wildman–Crippen LogP) is 2.30. The SMILES string of the molecule is NS(=O)(=O)c1ccc(Cn2ccnc2-c2cnc(N3CCCC3)s2)cc1. The highest BCUT2D eigenvalue weighted by molar-refractivity contribution is 7.89. The number of hydrogen-bond acceptors (Lipinski definition) is 6. The maximum Gasteiger partial charge on any atom is 0.238 e. The lowest BCUT2D eigenvalue weighted by Gasteiger charge is -2.12. The number of hydrogen-bond donors (Lipinski definition) is 1. The van der Waals surface area contributed by atoms with Crippen molar-refractivity contribution in [3.05, 3.63) is 48.4 Å². The van der Waals surface area contributed by atoms with E-state index in [2.05, 4.69) is 14.9 Å². The molecule has 0 aliphatic carbocycles. The van der Waals surface area contributed by atoms with Crippen LogP contribution >= 0.6 is 11.3 Å². The van der Waals surface area contributed by atoms with Crippen LogP contribution in [0.15, 0.2) is 47.8 Å². The van der Waals surface area contributed by atoms with Crippen LogP contribution in [0.2, 0.25) is 0 Å². The number of nitrogens with zero attached hydrogens (tertiary/aromatic N) is 4. The molecule has 0 amide bonds.